The summed E-state index contributed by atoms with van der Waals surface area (Å²) in [6.07, 6.45) is 2.73. The summed E-state index contributed by atoms with van der Waals surface area (Å²) in [6, 6.07) is 5.81. The van der Waals surface area contributed by atoms with Crippen LogP contribution in [0.4, 0.5) is 5.69 Å². The van der Waals surface area contributed by atoms with Gasteiger partial charge in [-0.1, -0.05) is 6.07 Å². The molecular weight excluding hydrogens is 150 g/mol. The van der Waals surface area contributed by atoms with Gasteiger partial charge < -0.3 is 10.8 Å². The summed E-state index contributed by atoms with van der Waals surface area (Å²) in [5.74, 6) is 0. The van der Waals surface area contributed by atoms with Gasteiger partial charge >= 0.3 is 0 Å². The minimum absolute atomic E-state index is 0.294. The molecular formula is C10H13NO. The standard InChI is InChI=1S/C10H13NO/c11-8-5-4-7-2-1-3-10(12)9(7)6-8/h4-6,10,12H,1-3,11H2. The van der Waals surface area contributed by atoms with E-state index < -0.39 is 0 Å². The summed E-state index contributed by atoms with van der Waals surface area (Å²) < 4.78 is 0. The van der Waals surface area contributed by atoms with E-state index in [1.165, 1.54) is 5.56 Å². The minimum Gasteiger partial charge on any atom is -0.399 e. The van der Waals surface area contributed by atoms with Crippen molar-refractivity contribution in [1.82, 2.24) is 0 Å². The van der Waals surface area contributed by atoms with Gasteiger partial charge in [-0.3, -0.25) is 0 Å². The van der Waals surface area contributed by atoms with E-state index in [0.717, 1.165) is 30.5 Å². The molecule has 0 amide bonds. The third-order valence-electron chi connectivity index (χ3n) is 2.45. The number of benzene rings is 1. The highest BCUT2D eigenvalue weighted by atomic mass is 16.3. The normalized spacial score (nSPS) is 21.9. The molecule has 0 heterocycles. The zero-order valence-corrected chi connectivity index (χ0v) is 6.96. The molecule has 0 aliphatic heterocycles. The van der Waals surface area contributed by atoms with Crippen molar-refractivity contribution in [2.45, 2.75) is 25.4 Å². The topological polar surface area (TPSA) is 46.2 Å². The molecule has 2 heteroatoms. The number of anilines is 1. The molecule has 0 fully saturated rings. The van der Waals surface area contributed by atoms with Crippen molar-refractivity contribution < 1.29 is 5.11 Å². The van der Waals surface area contributed by atoms with E-state index in [0.29, 0.717) is 0 Å². The molecule has 1 aliphatic rings. The Hall–Kier alpha value is -1.02. The molecule has 1 aromatic rings. The van der Waals surface area contributed by atoms with Crippen LogP contribution < -0.4 is 5.73 Å². The van der Waals surface area contributed by atoms with Gasteiger partial charge in [0.05, 0.1) is 6.10 Å². The Morgan fingerprint density at radius 3 is 3.08 bits per heavy atom. The van der Waals surface area contributed by atoms with Gasteiger partial charge in [0, 0.05) is 5.69 Å². The van der Waals surface area contributed by atoms with Gasteiger partial charge in [0.2, 0.25) is 0 Å². The Morgan fingerprint density at radius 1 is 1.42 bits per heavy atom. The van der Waals surface area contributed by atoms with Crippen LogP contribution in [0.25, 0.3) is 0 Å². The SMILES string of the molecule is Nc1ccc2c(c1)C(O)CCC2. The molecule has 2 nitrogen and oxygen atoms in total. The van der Waals surface area contributed by atoms with E-state index >= 15 is 0 Å². The van der Waals surface area contributed by atoms with Gasteiger partial charge in [-0.05, 0) is 42.5 Å². The van der Waals surface area contributed by atoms with Crippen molar-refractivity contribution in [2.75, 3.05) is 5.73 Å². The van der Waals surface area contributed by atoms with Crippen molar-refractivity contribution in [1.29, 1.82) is 0 Å². The molecule has 1 atom stereocenters. The molecule has 0 bridgehead atoms. The largest absolute Gasteiger partial charge is 0.399 e. The lowest BCUT2D eigenvalue weighted by molar-refractivity contribution is 0.156. The molecule has 3 N–H and O–H groups in total. The average molecular weight is 163 g/mol. The molecule has 64 valence electrons. The first-order valence-corrected chi connectivity index (χ1v) is 4.34. The van der Waals surface area contributed by atoms with Gasteiger partial charge in [0.1, 0.15) is 0 Å². The third-order valence-corrected chi connectivity index (χ3v) is 2.45. The molecule has 1 aliphatic carbocycles. The maximum absolute atomic E-state index is 9.63. The smallest absolute Gasteiger partial charge is 0.0793 e. The molecule has 2 rings (SSSR count). The second-order valence-corrected chi connectivity index (χ2v) is 3.37. The van der Waals surface area contributed by atoms with Crippen LogP contribution in [-0.2, 0) is 6.42 Å². The summed E-state index contributed by atoms with van der Waals surface area (Å²) in [6.45, 7) is 0. The van der Waals surface area contributed by atoms with Crippen LogP contribution in [0.15, 0.2) is 18.2 Å². The number of nitrogens with two attached hydrogens (primary N) is 1. The highest BCUT2D eigenvalue weighted by Crippen LogP contribution is 2.30. The third kappa shape index (κ3) is 1.18. The quantitative estimate of drug-likeness (QED) is 0.571. The van der Waals surface area contributed by atoms with Crippen LogP contribution >= 0.6 is 0 Å². The molecule has 12 heavy (non-hydrogen) atoms. The van der Waals surface area contributed by atoms with Crippen molar-refractivity contribution in [3.8, 4) is 0 Å². The summed E-state index contributed by atoms with van der Waals surface area (Å²) in [4.78, 5) is 0. The second-order valence-electron chi connectivity index (χ2n) is 3.37. The van der Waals surface area contributed by atoms with E-state index in [2.05, 4.69) is 0 Å². The van der Waals surface area contributed by atoms with Crippen LogP contribution in [0.3, 0.4) is 0 Å². The number of hydrogen-bond donors (Lipinski definition) is 2. The van der Waals surface area contributed by atoms with E-state index in [-0.39, 0.29) is 6.10 Å². The van der Waals surface area contributed by atoms with E-state index in [4.69, 9.17) is 5.73 Å². The van der Waals surface area contributed by atoms with Gasteiger partial charge in [-0.25, -0.2) is 0 Å². The average Bonchev–Trinajstić information content (AvgIpc) is 2.07. The lowest BCUT2D eigenvalue weighted by atomic mass is 9.89. The number of aliphatic hydroxyl groups is 1. The molecule has 1 unspecified atom stereocenters. The van der Waals surface area contributed by atoms with Gasteiger partial charge in [-0.2, -0.15) is 0 Å². The van der Waals surface area contributed by atoms with E-state index in [1.54, 1.807) is 0 Å². The molecule has 0 saturated heterocycles. The number of fused-ring (bicyclic) bond motifs is 1. The fraction of sp³-hybridized carbons (Fsp3) is 0.400. The second kappa shape index (κ2) is 2.79. The fourth-order valence-electron chi connectivity index (χ4n) is 1.79. The number of rotatable bonds is 0. The monoisotopic (exact) mass is 163 g/mol. The lowest BCUT2D eigenvalue weighted by Crippen LogP contribution is -2.09. The Bertz CT molecular complexity index is 296. The first kappa shape index (κ1) is 7.62. The van der Waals surface area contributed by atoms with Crippen molar-refractivity contribution in [3.63, 3.8) is 0 Å². The maximum atomic E-state index is 9.63. The van der Waals surface area contributed by atoms with Crippen molar-refractivity contribution in [3.05, 3.63) is 29.3 Å². The highest BCUT2D eigenvalue weighted by molar-refractivity contribution is 5.46. The summed E-state index contributed by atoms with van der Waals surface area (Å²) >= 11 is 0. The van der Waals surface area contributed by atoms with Crippen LogP contribution in [-0.4, -0.2) is 5.11 Å². The zero-order valence-electron chi connectivity index (χ0n) is 6.96. The maximum Gasteiger partial charge on any atom is 0.0793 e. The Balaban J connectivity index is 2.47. The van der Waals surface area contributed by atoms with E-state index in [1.807, 2.05) is 18.2 Å². The number of aliphatic hydroxyl groups excluding tert-OH is 1. The predicted octanol–water partition coefficient (Wildman–Crippen LogP) is 1.64. The molecule has 0 saturated carbocycles. The summed E-state index contributed by atoms with van der Waals surface area (Å²) in [7, 11) is 0. The number of hydrogen-bond acceptors (Lipinski definition) is 2. The van der Waals surface area contributed by atoms with Gasteiger partial charge in [-0.15, -0.1) is 0 Å². The Labute approximate surface area is 72.0 Å². The predicted molar refractivity (Wildman–Crippen MR) is 48.8 cm³/mol. The fourth-order valence-corrected chi connectivity index (χ4v) is 1.79. The van der Waals surface area contributed by atoms with E-state index in [9.17, 15) is 5.11 Å². The minimum atomic E-state index is -0.294. The Kier molecular flexibility index (Phi) is 1.77. The summed E-state index contributed by atoms with van der Waals surface area (Å²) in [5, 5.41) is 9.63. The first-order valence-electron chi connectivity index (χ1n) is 4.34. The van der Waals surface area contributed by atoms with Crippen LogP contribution in [0.5, 0.6) is 0 Å². The van der Waals surface area contributed by atoms with Crippen molar-refractivity contribution >= 4 is 5.69 Å². The highest BCUT2D eigenvalue weighted by Gasteiger charge is 2.17. The van der Waals surface area contributed by atoms with Crippen LogP contribution in [0.1, 0.15) is 30.1 Å². The molecule has 0 spiro atoms. The van der Waals surface area contributed by atoms with Gasteiger partial charge in [0.25, 0.3) is 0 Å². The van der Waals surface area contributed by atoms with Gasteiger partial charge in [0.15, 0.2) is 0 Å². The molecule has 1 aromatic carbocycles. The summed E-state index contributed by atoms with van der Waals surface area (Å²) in [5.41, 5.74) is 8.66. The molecule has 0 radical (unpaired) electrons. The number of nitrogen functional groups attached to an aromatic ring is 1. The Morgan fingerprint density at radius 2 is 2.25 bits per heavy atom. The van der Waals surface area contributed by atoms with Crippen LogP contribution in [0.2, 0.25) is 0 Å². The van der Waals surface area contributed by atoms with Crippen LogP contribution in [0, 0.1) is 0 Å². The number of aryl methyl sites for hydroxylation is 1. The van der Waals surface area contributed by atoms with Crippen molar-refractivity contribution in [2.24, 2.45) is 0 Å². The first-order chi connectivity index (χ1) is 5.77. The lowest BCUT2D eigenvalue weighted by Gasteiger charge is -2.21. The molecule has 0 aromatic heterocycles. The zero-order chi connectivity index (χ0) is 8.55.